The van der Waals surface area contributed by atoms with Gasteiger partial charge in [0, 0.05) is 7.05 Å². The summed E-state index contributed by atoms with van der Waals surface area (Å²) < 4.78 is 36.2. The number of nitrogens with zero attached hydrogens (tertiary/aromatic N) is 1. The summed E-state index contributed by atoms with van der Waals surface area (Å²) in [5.74, 6) is 1.00. The van der Waals surface area contributed by atoms with Crippen LogP contribution in [0.5, 0.6) is 11.5 Å². The van der Waals surface area contributed by atoms with Gasteiger partial charge in [-0.2, -0.15) is 4.31 Å². The Morgan fingerprint density at radius 3 is 2.48 bits per heavy atom. The number of rotatable bonds is 9. The fraction of sp³-hybridized carbons (Fsp3) is 0.312. The zero-order valence-electron chi connectivity index (χ0n) is 14.0. The van der Waals surface area contributed by atoms with Crippen LogP contribution in [0.25, 0.3) is 0 Å². The van der Waals surface area contributed by atoms with Crippen molar-refractivity contribution in [2.75, 3.05) is 33.9 Å². The van der Waals surface area contributed by atoms with Gasteiger partial charge in [-0.15, -0.1) is 11.3 Å². The molecule has 0 aliphatic carbocycles. The highest BCUT2D eigenvalue weighted by Crippen LogP contribution is 2.19. The van der Waals surface area contributed by atoms with Crippen LogP contribution in [-0.2, 0) is 14.8 Å². The lowest BCUT2D eigenvalue weighted by molar-refractivity contribution is -0.121. The van der Waals surface area contributed by atoms with Gasteiger partial charge in [-0.25, -0.2) is 8.42 Å². The van der Waals surface area contributed by atoms with E-state index in [2.05, 4.69) is 5.32 Å². The van der Waals surface area contributed by atoms with Crippen molar-refractivity contribution < 1.29 is 22.7 Å². The third-order valence-electron chi connectivity index (χ3n) is 3.28. The number of hydrogen-bond acceptors (Lipinski definition) is 6. The van der Waals surface area contributed by atoms with E-state index in [0.717, 1.165) is 21.4 Å². The van der Waals surface area contributed by atoms with Gasteiger partial charge in [0.15, 0.2) is 0 Å². The average molecular weight is 384 g/mol. The predicted octanol–water partition coefficient (Wildman–Crippen LogP) is 1.57. The number of ether oxygens (including phenoxy) is 2. The maximum absolute atomic E-state index is 12.2. The standard InChI is InChI=1S/C16H20N2O5S2/c1-18(25(20,21)16-4-3-11-24-16)12-15(19)17-9-10-23-14-7-5-13(22-2)6-8-14/h3-8,11H,9-10,12H2,1-2H3,(H,17,19). The monoisotopic (exact) mass is 384 g/mol. The lowest BCUT2D eigenvalue weighted by Gasteiger charge is -2.15. The Morgan fingerprint density at radius 1 is 1.20 bits per heavy atom. The summed E-state index contributed by atoms with van der Waals surface area (Å²) in [5, 5.41) is 4.31. The first-order valence-electron chi connectivity index (χ1n) is 7.47. The van der Waals surface area contributed by atoms with Crippen LogP contribution in [-0.4, -0.2) is 52.5 Å². The Morgan fingerprint density at radius 2 is 1.88 bits per heavy atom. The van der Waals surface area contributed by atoms with E-state index in [9.17, 15) is 13.2 Å². The molecule has 0 fully saturated rings. The molecule has 2 aromatic rings. The number of likely N-dealkylation sites (N-methyl/N-ethyl adjacent to an activating group) is 1. The molecule has 9 heteroatoms. The molecule has 0 unspecified atom stereocenters. The molecule has 0 atom stereocenters. The number of carbonyl (C=O) groups is 1. The van der Waals surface area contributed by atoms with Crippen LogP contribution in [0.2, 0.25) is 0 Å². The first-order valence-corrected chi connectivity index (χ1v) is 9.79. The van der Waals surface area contributed by atoms with E-state index in [4.69, 9.17) is 9.47 Å². The van der Waals surface area contributed by atoms with Gasteiger partial charge in [-0.3, -0.25) is 4.79 Å². The summed E-state index contributed by atoms with van der Waals surface area (Å²) in [6.45, 7) is 0.306. The first kappa shape index (κ1) is 19.2. The number of nitrogens with one attached hydrogen (secondary N) is 1. The van der Waals surface area contributed by atoms with E-state index in [1.807, 2.05) is 0 Å². The molecular formula is C16H20N2O5S2. The van der Waals surface area contributed by atoms with Crippen molar-refractivity contribution >= 4 is 27.3 Å². The summed E-state index contributed by atoms with van der Waals surface area (Å²) in [4.78, 5) is 11.9. The quantitative estimate of drug-likeness (QED) is 0.664. The Balaban J connectivity index is 1.73. The Kier molecular flexibility index (Phi) is 6.80. The fourth-order valence-electron chi connectivity index (χ4n) is 1.94. The minimum Gasteiger partial charge on any atom is -0.497 e. The third kappa shape index (κ3) is 5.45. The van der Waals surface area contributed by atoms with E-state index in [0.29, 0.717) is 5.75 Å². The van der Waals surface area contributed by atoms with E-state index in [-0.39, 0.29) is 29.8 Å². The number of amides is 1. The molecule has 0 spiro atoms. The van der Waals surface area contributed by atoms with E-state index < -0.39 is 10.0 Å². The van der Waals surface area contributed by atoms with Crippen molar-refractivity contribution in [1.82, 2.24) is 9.62 Å². The smallest absolute Gasteiger partial charge is 0.252 e. The molecule has 1 aromatic heterocycles. The summed E-state index contributed by atoms with van der Waals surface area (Å²) in [7, 11) is -0.661. The maximum Gasteiger partial charge on any atom is 0.252 e. The SMILES string of the molecule is COc1ccc(OCCNC(=O)CN(C)S(=O)(=O)c2cccs2)cc1. The topological polar surface area (TPSA) is 84.9 Å². The highest BCUT2D eigenvalue weighted by molar-refractivity contribution is 7.91. The highest BCUT2D eigenvalue weighted by atomic mass is 32.2. The van der Waals surface area contributed by atoms with Crippen molar-refractivity contribution in [1.29, 1.82) is 0 Å². The summed E-state index contributed by atoms with van der Waals surface area (Å²) in [6, 6.07) is 10.2. The Hall–Kier alpha value is -2.10. The molecule has 0 radical (unpaired) electrons. The van der Waals surface area contributed by atoms with Crippen LogP contribution in [0.3, 0.4) is 0 Å². The molecule has 25 heavy (non-hydrogen) atoms. The predicted molar refractivity (Wildman–Crippen MR) is 95.6 cm³/mol. The van der Waals surface area contributed by atoms with Gasteiger partial charge in [0.05, 0.1) is 20.2 Å². The van der Waals surface area contributed by atoms with Crippen molar-refractivity contribution in [3.05, 3.63) is 41.8 Å². The zero-order valence-corrected chi connectivity index (χ0v) is 15.6. The second kappa shape index (κ2) is 8.84. The lowest BCUT2D eigenvalue weighted by atomic mass is 10.3. The van der Waals surface area contributed by atoms with Crippen LogP contribution in [0, 0.1) is 0 Å². The van der Waals surface area contributed by atoms with Crippen LogP contribution < -0.4 is 14.8 Å². The van der Waals surface area contributed by atoms with E-state index in [1.165, 1.54) is 13.1 Å². The Bertz CT molecular complexity index is 773. The summed E-state index contributed by atoms with van der Waals surface area (Å²) in [5.41, 5.74) is 0. The first-order chi connectivity index (χ1) is 11.9. The zero-order chi connectivity index (χ0) is 18.3. The largest absolute Gasteiger partial charge is 0.497 e. The Labute approximate surface area is 151 Å². The van der Waals surface area contributed by atoms with Gasteiger partial charge in [0.1, 0.15) is 22.3 Å². The molecule has 0 aliphatic heterocycles. The molecular weight excluding hydrogens is 364 g/mol. The minimum atomic E-state index is -3.62. The molecule has 136 valence electrons. The normalized spacial score (nSPS) is 11.3. The molecule has 1 amide bonds. The molecule has 7 nitrogen and oxygen atoms in total. The van der Waals surface area contributed by atoms with Gasteiger partial charge in [-0.1, -0.05) is 6.07 Å². The van der Waals surface area contributed by atoms with Gasteiger partial charge in [0.25, 0.3) is 10.0 Å². The number of carbonyl (C=O) groups excluding carboxylic acids is 1. The summed E-state index contributed by atoms with van der Waals surface area (Å²) >= 11 is 1.12. The van der Waals surface area contributed by atoms with E-state index in [1.54, 1.807) is 42.8 Å². The molecule has 0 aliphatic rings. The van der Waals surface area contributed by atoms with Crippen LogP contribution >= 0.6 is 11.3 Å². The van der Waals surface area contributed by atoms with Crippen molar-refractivity contribution in [3.63, 3.8) is 0 Å². The second-order valence-electron chi connectivity index (χ2n) is 5.07. The highest BCUT2D eigenvalue weighted by Gasteiger charge is 2.23. The molecule has 0 bridgehead atoms. The summed E-state index contributed by atoms with van der Waals surface area (Å²) in [6.07, 6.45) is 0. The molecule has 1 aromatic carbocycles. The van der Waals surface area contributed by atoms with Crippen molar-refractivity contribution in [2.45, 2.75) is 4.21 Å². The van der Waals surface area contributed by atoms with Gasteiger partial charge >= 0.3 is 0 Å². The minimum absolute atomic E-state index is 0.214. The second-order valence-corrected chi connectivity index (χ2v) is 8.29. The van der Waals surface area contributed by atoms with Crippen molar-refractivity contribution in [3.8, 4) is 11.5 Å². The van der Waals surface area contributed by atoms with Gasteiger partial charge < -0.3 is 14.8 Å². The average Bonchev–Trinajstić information content (AvgIpc) is 3.14. The van der Waals surface area contributed by atoms with Gasteiger partial charge in [-0.05, 0) is 35.7 Å². The van der Waals surface area contributed by atoms with Crippen LogP contribution in [0.1, 0.15) is 0 Å². The molecule has 0 saturated carbocycles. The molecule has 1 N–H and O–H groups in total. The third-order valence-corrected chi connectivity index (χ3v) is 6.45. The maximum atomic E-state index is 12.2. The fourth-order valence-corrected chi connectivity index (χ4v) is 4.27. The molecule has 1 heterocycles. The number of sulfonamides is 1. The number of thiophene rings is 1. The van der Waals surface area contributed by atoms with Gasteiger partial charge in [0.2, 0.25) is 5.91 Å². The number of benzene rings is 1. The van der Waals surface area contributed by atoms with E-state index >= 15 is 0 Å². The lowest BCUT2D eigenvalue weighted by Crippen LogP contribution is -2.39. The number of hydrogen-bond donors (Lipinski definition) is 1. The van der Waals surface area contributed by atoms with Crippen LogP contribution in [0.4, 0.5) is 0 Å². The number of methoxy groups -OCH3 is 1. The van der Waals surface area contributed by atoms with Crippen LogP contribution in [0.15, 0.2) is 46.0 Å². The van der Waals surface area contributed by atoms with Crippen molar-refractivity contribution in [2.24, 2.45) is 0 Å². The molecule has 2 rings (SSSR count). The molecule has 0 saturated heterocycles.